The van der Waals surface area contributed by atoms with Crippen molar-refractivity contribution in [2.75, 3.05) is 26.3 Å². The van der Waals surface area contributed by atoms with Gasteiger partial charge in [-0.1, -0.05) is 0 Å². The van der Waals surface area contributed by atoms with E-state index in [0.717, 1.165) is 76.5 Å². The lowest BCUT2D eigenvalue weighted by atomic mass is 9.93. The lowest BCUT2D eigenvalue weighted by Gasteiger charge is -2.28. The molecule has 0 bridgehead atoms. The molecule has 1 saturated heterocycles. The van der Waals surface area contributed by atoms with E-state index in [1.807, 2.05) is 12.1 Å². The van der Waals surface area contributed by atoms with Crippen LogP contribution in [0.5, 0.6) is 0 Å². The number of rotatable bonds is 6. The zero-order valence-electron chi connectivity index (χ0n) is 14.7. The Bertz CT molecular complexity index is 496. The van der Waals surface area contributed by atoms with E-state index in [4.69, 9.17) is 14.1 Å². The molecule has 2 heterocycles. The number of aliphatic imine (C=N–C) groups is 1. The third kappa shape index (κ3) is 7.15. The number of aliphatic hydroxyl groups is 1. The number of ether oxygens (including phenoxy) is 1. The van der Waals surface area contributed by atoms with Gasteiger partial charge in [0.2, 0.25) is 0 Å². The van der Waals surface area contributed by atoms with E-state index in [9.17, 15) is 5.11 Å². The molecule has 2 aliphatic rings. The molecule has 7 heteroatoms. The summed E-state index contributed by atoms with van der Waals surface area (Å²) in [5.41, 5.74) is 0. The van der Waals surface area contributed by atoms with Crippen LogP contribution in [0.15, 0.2) is 27.8 Å². The molecule has 1 aliphatic carbocycles. The highest BCUT2D eigenvalue weighted by molar-refractivity contribution is 14.0. The van der Waals surface area contributed by atoms with E-state index in [1.165, 1.54) is 0 Å². The summed E-state index contributed by atoms with van der Waals surface area (Å²) in [6.45, 7) is 3.26. The van der Waals surface area contributed by atoms with Gasteiger partial charge < -0.3 is 24.9 Å². The first kappa shape index (κ1) is 20.5. The predicted molar refractivity (Wildman–Crippen MR) is 108 cm³/mol. The largest absolute Gasteiger partial charge is 0.469 e. The minimum Gasteiger partial charge on any atom is -0.469 e. The van der Waals surface area contributed by atoms with Gasteiger partial charge >= 0.3 is 0 Å². The fourth-order valence-corrected chi connectivity index (χ4v) is 3.27. The number of hydrogen-bond donors (Lipinski definition) is 3. The van der Waals surface area contributed by atoms with E-state index >= 15 is 0 Å². The minimum absolute atomic E-state index is 0. The zero-order valence-corrected chi connectivity index (χ0v) is 17.0. The highest BCUT2D eigenvalue weighted by Crippen LogP contribution is 2.18. The number of nitrogens with zero attached hydrogens (tertiary/aromatic N) is 1. The summed E-state index contributed by atoms with van der Waals surface area (Å²) < 4.78 is 10.8. The summed E-state index contributed by atoms with van der Waals surface area (Å²) in [7, 11) is 0. The van der Waals surface area contributed by atoms with E-state index in [1.54, 1.807) is 6.26 Å². The van der Waals surface area contributed by atoms with Crippen molar-refractivity contribution in [2.45, 2.75) is 50.7 Å². The topological polar surface area (TPSA) is 79.0 Å². The van der Waals surface area contributed by atoms with Crippen molar-refractivity contribution in [3.63, 3.8) is 0 Å². The number of guanidine groups is 1. The molecule has 1 saturated carbocycles. The van der Waals surface area contributed by atoms with Gasteiger partial charge in [0.15, 0.2) is 5.96 Å². The molecule has 1 aromatic heterocycles. The van der Waals surface area contributed by atoms with Crippen molar-refractivity contribution >= 4 is 29.9 Å². The van der Waals surface area contributed by atoms with Gasteiger partial charge in [-0.25, -0.2) is 0 Å². The second-order valence-electron chi connectivity index (χ2n) is 6.82. The molecule has 0 spiro atoms. The summed E-state index contributed by atoms with van der Waals surface area (Å²) in [5.74, 6) is 2.38. The second kappa shape index (κ2) is 11.0. The normalized spacial score (nSPS) is 26.9. The molecule has 0 radical (unpaired) electrons. The maximum Gasteiger partial charge on any atom is 0.191 e. The molecule has 1 aromatic rings. The van der Waals surface area contributed by atoms with E-state index < -0.39 is 0 Å². The Hall–Kier alpha value is -0.800. The molecule has 1 unspecified atom stereocenters. The van der Waals surface area contributed by atoms with Gasteiger partial charge in [0.1, 0.15) is 5.76 Å². The first-order chi connectivity index (χ1) is 11.8. The second-order valence-corrected chi connectivity index (χ2v) is 6.82. The van der Waals surface area contributed by atoms with Gasteiger partial charge in [0.25, 0.3) is 0 Å². The summed E-state index contributed by atoms with van der Waals surface area (Å²) in [4.78, 5) is 4.76. The van der Waals surface area contributed by atoms with E-state index in [0.29, 0.717) is 12.0 Å². The molecule has 142 valence electrons. The van der Waals surface area contributed by atoms with Crippen LogP contribution in [0, 0.1) is 5.92 Å². The van der Waals surface area contributed by atoms with E-state index in [-0.39, 0.29) is 30.1 Å². The molecule has 3 rings (SSSR count). The van der Waals surface area contributed by atoms with Gasteiger partial charge in [-0.15, -0.1) is 24.0 Å². The Balaban J connectivity index is 0.00000225. The Morgan fingerprint density at radius 2 is 2.08 bits per heavy atom. The highest BCUT2D eigenvalue weighted by atomic mass is 127. The van der Waals surface area contributed by atoms with Crippen LogP contribution in [-0.4, -0.2) is 49.5 Å². The predicted octanol–water partition coefficient (Wildman–Crippen LogP) is 2.32. The first-order valence-corrected chi connectivity index (χ1v) is 9.12. The van der Waals surface area contributed by atoms with E-state index in [2.05, 4.69) is 10.6 Å². The van der Waals surface area contributed by atoms with Crippen molar-refractivity contribution in [1.82, 2.24) is 10.6 Å². The average Bonchev–Trinajstić information content (AvgIpc) is 3.28. The molecule has 3 N–H and O–H groups in total. The summed E-state index contributed by atoms with van der Waals surface area (Å²) >= 11 is 0. The molecule has 25 heavy (non-hydrogen) atoms. The first-order valence-electron chi connectivity index (χ1n) is 9.12. The van der Waals surface area contributed by atoms with Crippen molar-refractivity contribution in [1.29, 1.82) is 0 Å². The smallest absolute Gasteiger partial charge is 0.191 e. The van der Waals surface area contributed by atoms with Crippen LogP contribution >= 0.6 is 24.0 Å². The number of halogens is 1. The van der Waals surface area contributed by atoms with Crippen LogP contribution in [0.2, 0.25) is 0 Å². The van der Waals surface area contributed by atoms with Crippen molar-refractivity contribution in [3.05, 3.63) is 24.2 Å². The van der Waals surface area contributed by atoms with Crippen LogP contribution in [0.25, 0.3) is 0 Å². The molecule has 0 amide bonds. The third-order valence-electron chi connectivity index (χ3n) is 4.81. The number of aliphatic hydroxyl groups excluding tert-OH is 1. The van der Waals surface area contributed by atoms with Crippen molar-refractivity contribution in [2.24, 2.45) is 10.9 Å². The minimum atomic E-state index is -0.133. The van der Waals surface area contributed by atoms with Crippen LogP contribution in [0.3, 0.4) is 0 Å². The molecular formula is C18H30IN3O3. The SMILES string of the molecule is I.OC1CCC(NC(=NCC2CCOC2)NCCc2ccco2)CC1. The molecule has 1 aliphatic heterocycles. The van der Waals surface area contributed by atoms with Crippen LogP contribution < -0.4 is 10.6 Å². The fraction of sp³-hybridized carbons (Fsp3) is 0.722. The number of hydrogen-bond acceptors (Lipinski definition) is 4. The molecule has 6 nitrogen and oxygen atoms in total. The van der Waals surface area contributed by atoms with Gasteiger partial charge in [-0.05, 0) is 44.2 Å². The monoisotopic (exact) mass is 463 g/mol. The Morgan fingerprint density at radius 1 is 1.24 bits per heavy atom. The fourth-order valence-electron chi connectivity index (χ4n) is 3.27. The third-order valence-corrected chi connectivity index (χ3v) is 4.81. The maximum atomic E-state index is 9.66. The van der Waals surface area contributed by atoms with Gasteiger partial charge in [-0.3, -0.25) is 4.99 Å². The van der Waals surface area contributed by atoms with Crippen molar-refractivity contribution in [3.8, 4) is 0 Å². The number of furan rings is 1. The Labute approximate surface area is 166 Å². The summed E-state index contributed by atoms with van der Waals surface area (Å²) in [6, 6.07) is 4.29. The highest BCUT2D eigenvalue weighted by Gasteiger charge is 2.21. The molecule has 1 atom stereocenters. The van der Waals surface area contributed by atoms with Crippen LogP contribution in [0.1, 0.15) is 37.9 Å². The lowest BCUT2D eigenvalue weighted by molar-refractivity contribution is 0.120. The molecular weight excluding hydrogens is 433 g/mol. The van der Waals surface area contributed by atoms with Gasteiger partial charge in [0.05, 0.1) is 19.0 Å². The average molecular weight is 463 g/mol. The number of nitrogens with one attached hydrogen (secondary N) is 2. The molecule has 0 aromatic carbocycles. The quantitative estimate of drug-likeness (QED) is 0.343. The zero-order chi connectivity index (χ0) is 16.6. The Morgan fingerprint density at radius 3 is 2.76 bits per heavy atom. The summed E-state index contributed by atoms with van der Waals surface area (Å²) in [5, 5.41) is 16.6. The maximum absolute atomic E-state index is 9.66. The van der Waals surface area contributed by atoms with Crippen LogP contribution in [-0.2, 0) is 11.2 Å². The van der Waals surface area contributed by atoms with Gasteiger partial charge in [-0.2, -0.15) is 0 Å². The van der Waals surface area contributed by atoms with Crippen LogP contribution in [0.4, 0.5) is 0 Å². The summed E-state index contributed by atoms with van der Waals surface area (Å²) in [6.07, 6.45) is 7.23. The van der Waals surface area contributed by atoms with Gasteiger partial charge in [0, 0.05) is 38.1 Å². The van der Waals surface area contributed by atoms with Crippen molar-refractivity contribution < 1.29 is 14.3 Å². The standard InChI is InChI=1S/C18H29N3O3.HI/c22-16-5-3-15(4-6-16)21-18(20-12-14-8-11-23-13-14)19-9-7-17-2-1-10-24-17;/h1-2,10,14-16,22H,3-9,11-13H2,(H2,19,20,21);1H. The lowest BCUT2D eigenvalue weighted by Crippen LogP contribution is -2.46. The molecule has 2 fully saturated rings. The Kier molecular flexibility index (Phi) is 9.05.